The quantitative estimate of drug-likeness (QED) is 0.493. The zero-order valence-corrected chi connectivity index (χ0v) is 8.40. The predicted molar refractivity (Wildman–Crippen MR) is 32.9 cm³/mol. The fourth-order valence-corrected chi connectivity index (χ4v) is 0.662. The maximum absolute atomic E-state index is 10.2. The summed E-state index contributed by atoms with van der Waals surface area (Å²) in [4.78, 5) is 23.6. The van der Waals surface area contributed by atoms with Crippen LogP contribution >= 0.6 is 0 Å². The zero-order chi connectivity index (χ0) is 9.14. The summed E-state index contributed by atoms with van der Waals surface area (Å²) in [6.45, 7) is 0. The number of hydrogen-bond donors (Lipinski definition) is 0. The molecule has 0 saturated heterocycles. The first-order valence-corrected chi connectivity index (χ1v) is 3.01. The number of hydrogen-bond acceptors (Lipinski definition) is 5. The molecular formula is C7H3ClFeNO4. The van der Waals surface area contributed by atoms with Crippen molar-refractivity contribution in [2.75, 3.05) is 0 Å². The number of aromatic nitrogens is 1. The van der Waals surface area contributed by atoms with Crippen LogP contribution in [0.3, 0.4) is 0 Å². The van der Waals surface area contributed by atoms with Crippen molar-refractivity contribution < 1.29 is 49.3 Å². The summed E-state index contributed by atoms with van der Waals surface area (Å²) < 4.78 is 0. The summed E-state index contributed by atoms with van der Waals surface area (Å²) in [6.07, 6.45) is 0. The number of pyridine rings is 1. The first kappa shape index (κ1) is 15.4. The summed E-state index contributed by atoms with van der Waals surface area (Å²) in [5.41, 5.74) is -0.839. The van der Waals surface area contributed by atoms with Crippen molar-refractivity contribution in [2.45, 2.75) is 0 Å². The minimum atomic E-state index is -1.52. The van der Waals surface area contributed by atoms with Crippen LogP contribution in [0.2, 0.25) is 0 Å². The van der Waals surface area contributed by atoms with Gasteiger partial charge in [-0.3, -0.25) is 0 Å². The summed E-state index contributed by atoms with van der Waals surface area (Å²) >= 11 is 0. The van der Waals surface area contributed by atoms with Crippen LogP contribution in [0.5, 0.6) is 0 Å². The van der Waals surface area contributed by atoms with E-state index in [0.717, 1.165) is 12.1 Å². The van der Waals surface area contributed by atoms with E-state index >= 15 is 0 Å². The minimum absolute atomic E-state index is 0. The van der Waals surface area contributed by atoms with Crippen molar-refractivity contribution in [1.29, 1.82) is 0 Å². The van der Waals surface area contributed by atoms with Gasteiger partial charge in [0.15, 0.2) is 0 Å². The first-order valence-electron chi connectivity index (χ1n) is 3.01. The van der Waals surface area contributed by atoms with E-state index in [1.54, 1.807) is 0 Å². The normalized spacial score (nSPS) is 8.00. The van der Waals surface area contributed by atoms with Crippen molar-refractivity contribution >= 4 is 11.9 Å². The molecule has 1 heterocycles. The van der Waals surface area contributed by atoms with Gasteiger partial charge in [-0.1, -0.05) is 6.07 Å². The summed E-state index contributed by atoms with van der Waals surface area (Å²) in [5, 5.41) is 20.4. The molecule has 14 heavy (non-hydrogen) atoms. The summed E-state index contributed by atoms with van der Waals surface area (Å²) in [6, 6.07) is 3.53. The van der Waals surface area contributed by atoms with Gasteiger partial charge in [-0.15, -0.1) is 0 Å². The smallest absolute Gasteiger partial charge is 1.00 e. The fourth-order valence-electron chi connectivity index (χ4n) is 0.662. The SMILES string of the molecule is O=C([O-])c1cccc(C(=O)[O-])n1.[Cl-].[Fe+3]. The van der Waals surface area contributed by atoms with E-state index < -0.39 is 23.3 Å². The Balaban J connectivity index is 0. The molecule has 1 rings (SSSR count). The molecular weight excluding hydrogens is 253 g/mol. The number of aromatic carboxylic acids is 2. The van der Waals surface area contributed by atoms with Gasteiger partial charge in [0.05, 0.1) is 23.3 Å². The molecule has 0 bridgehead atoms. The Labute approximate surface area is 96.0 Å². The Morgan fingerprint density at radius 3 is 1.71 bits per heavy atom. The van der Waals surface area contributed by atoms with Crippen molar-refractivity contribution in [3.63, 3.8) is 0 Å². The topological polar surface area (TPSA) is 93.1 Å². The van der Waals surface area contributed by atoms with Gasteiger partial charge in [-0.05, 0) is 12.1 Å². The van der Waals surface area contributed by atoms with E-state index in [1.165, 1.54) is 6.07 Å². The molecule has 1 aromatic rings. The van der Waals surface area contributed by atoms with Gasteiger partial charge in [-0.2, -0.15) is 0 Å². The Hall–Kier alpha value is -1.10. The third kappa shape index (κ3) is 3.74. The maximum atomic E-state index is 10.2. The molecule has 75 valence electrons. The maximum Gasteiger partial charge on any atom is 3.00 e. The van der Waals surface area contributed by atoms with Crippen LogP contribution in [0.25, 0.3) is 0 Å². The average Bonchev–Trinajstić information content (AvgIpc) is 2.04. The van der Waals surface area contributed by atoms with Crippen LogP contribution in [0.1, 0.15) is 21.0 Å². The van der Waals surface area contributed by atoms with Crippen LogP contribution in [-0.2, 0) is 17.1 Å². The van der Waals surface area contributed by atoms with Gasteiger partial charge in [-0.25, -0.2) is 4.98 Å². The second kappa shape index (κ2) is 6.37. The van der Waals surface area contributed by atoms with E-state index in [9.17, 15) is 19.8 Å². The number of carboxylic acid groups (broad SMARTS) is 2. The van der Waals surface area contributed by atoms with Gasteiger partial charge < -0.3 is 32.2 Å². The van der Waals surface area contributed by atoms with Gasteiger partial charge in [0.2, 0.25) is 0 Å². The van der Waals surface area contributed by atoms with Gasteiger partial charge >= 0.3 is 17.1 Å². The van der Waals surface area contributed by atoms with Crippen molar-refractivity contribution in [2.24, 2.45) is 0 Å². The van der Waals surface area contributed by atoms with Crippen LogP contribution in [-0.4, -0.2) is 16.9 Å². The molecule has 1 aromatic heterocycles. The van der Waals surface area contributed by atoms with E-state index in [-0.39, 0.29) is 29.5 Å². The average molecular weight is 256 g/mol. The van der Waals surface area contributed by atoms with Crippen LogP contribution in [0, 0.1) is 0 Å². The molecule has 0 spiro atoms. The van der Waals surface area contributed by atoms with Crippen molar-refractivity contribution in [1.82, 2.24) is 4.98 Å². The zero-order valence-electron chi connectivity index (χ0n) is 6.54. The van der Waals surface area contributed by atoms with E-state index in [2.05, 4.69) is 4.98 Å². The standard InChI is InChI=1S/C7H5NO4.ClH.Fe/c9-6(10)4-2-1-3-5(8-4)7(11)12;;/h1-3H,(H,9,10)(H,11,12);1H;/q;;+3/p-3. The van der Waals surface area contributed by atoms with Gasteiger partial charge in [0.25, 0.3) is 0 Å². The predicted octanol–water partition coefficient (Wildman–Crippen LogP) is -5.19. The Morgan fingerprint density at radius 2 is 1.43 bits per heavy atom. The number of carbonyl (C=O) groups excluding carboxylic acids is 2. The second-order valence-corrected chi connectivity index (χ2v) is 1.98. The number of nitrogens with zero attached hydrogens (tertiary/aromatic N) is 1. The van der Waals surface area contributed by atoms with E-state index in [0.29, 0.717) is 0 Å². The van der Waals surface area contributed by atoms with Gasteiger partial charge in [0, 0.05) is 0 Å². The first-order chi connectivity index (χ1) is 5.61. The van der Waals surface area contributed by atoms with Gasteiger partial charge in [0.1, 0.15) is 0 Å². The molecule has 0 aliphatic carbocycles. The molecule has 0 N–H and O–H groups in total. The van der Waals surface area contributed by atoms with E-state index in [1.807, 2.05) is 0 Å². The fraction of sp³-hybridized carbons (Fsp3) is 0. The number of carbonyl (C=O) groups is 2. The minimum Gasteiger partial charge on any atom is -1.00 e. The second-order valence-electron chi connectivity index (χ2n) is 1.98. The molecule has 0 aromatic carbocycles. The Bertz CT molecular complexity index is 315. The molecule has 0 saturated carbocycles. The Morgan fingerprint density at radius 1 is 1.07 bits per heavy atom. The third-order valence-electron chi connectivity index (χ3n) is 1.17. The van der Waals surface area contributed by atoms with E-state index in [4.69, 9.17) is 0 Å². The molecule has 0 unspecified atom stereocenters. The molecule has 5 nitrogen and oxygen atoms in total. The largest absolute Gasteiger partial charge is 3.00 e. The van der Waals surface area contributed by atoms with Crippen LogP contribution < -0.4 is 22.6 Å². The molecule has 0 aliphatic rings. The van der Waals surface area contributed by atoms with Crippen LogP contribution in [0.15, 0.2) is 18.2 Å². The third-order valence-corrected chi connectivity index (χ3v) is 1.17. The molecule has 0 amide bonds. The monoisotopic (exact) mass is 256 g/mol. The van der Waals surface area contributed by atoms with Crippen molar-refractivity contribution in [3.05, 3.63) is 29.6 Å². The molecule has 0 atom stereocenters. The number of halogens is 1. The summed E-state index contributed by atoms with van der Waals surface area (Å²) in [5.74, 6) is -3.03. The molecule has 0 fully saturated rings. The summed E-state index contributed by atoms with van der Waals surface area (Å²) in [7, 11) is 0. The Kier molecular flexibility index (Phi) is 6.99. The van der Waals surface area contributed by atoms with Crippen LogP contribution in [0.4, 0.5) is 0 Å². The number of rotatable bonds is 2. The molecule has 1 radical (unpaired) electrons. The molecule has 0 aliphatic heterocycles. The number of carboxylic acids is 2. The van der Waals surface area contributed by atoms with Crippen molar-refractivity contribution in [3.8, 4) is 0 Å². The molecule has 7 heteroatoms.